The van der Waals surface area contributed by atoms with Crippen LogP contribution in [0.1, 0.15) is 19.3 Å². The highest BCUT2D eigenvalue weighted by Gasteiger charge is 2.74. The molecule has 3 fully saturated rings. The average molecular weight is 469 g/mol. The number of hydrogen-bond acceptors (Lipinski definition) is 7. The van der Waals surface area contributed by atoms with E-state index in [4.69, 9.17) is 4.74 Å². The number of hydrogen-bond donors (Lipinski definition) is 2. The third-order valence-corrected chi connectivity index (χ3v) is 7.26. The fraction of sp³-hybridized carbons (Fsp3) is 0.522. The summed E-state index contributed by atoms with van der Waals surface area (Å²) in [5.74, 6) is -3.75. The zero-order chi connectivity index (χ0) is 24.0. The molecule has 3 aliphatic rings. The van der Waals surface area contributed by atoms with Crippen LogP contribution in [0, 0.1) is 11.8 Å². The van der Waals surface area contributed by atoms with Gasteiger partial charge in [0.2, 0.25) is 11.8 Å². The Labute approximate surface area is 195 Å². The molecular formula is C23H27N5O6. The SMILES string of the molecule is C=CCN(Cn1nnc2ccccc21)C(=O)C1N(CCCO)C(=O)[C@@H]2[C@H](C(=O)O)[C@@H]3CCC12O3. The van der Waals surface area contributed by atoms with Crippen molar-refractivity contribution in [2.75, 3.05) is 19.7 Å². The van der Waals surface area contributed by atoms with Gasteiger partial charge in [-0.05, 0) is 31.4 Å². The summed E-state index contributed by atoms with van der Waals surface area (Å²) in [4.78, 5) is 42.5. The topological polar surface area (TPSA) is 138 Å². The van der Waals surface area contributed by atoms with Crippen LogP contribution in [-0.2, 0) is 25.8 Å². The zero-order valence-corrected chi connectivity index (χ0v) is 18.6. The van der Waals surface area contributed by atoms with Gasteiger partial charge in [0.05, 0.1) is 23.5 Å². The van der Waals surface area contributed by atoms with E-state index in [9.17, 15) is 24.6 Å². The second-order valence-corrected chi connectivity index (χ2v) is 9.07. The number of likely N-dealkylation sites (tertiary alicyclic amines) is 1. The molecule has 0 radical (unpaired) electrons. The van der Waals surface area contributed by atoms with Crippen LogP contribution in [0.25, 0.3) is 11.0 Å². The van der Waals surface area contributed by atoms with Crippen molar-refractivity contribution in [3.63, 3.8) is 0 Å². The second-order valence-electron chi connectivity index (χ2n) is 9.07. The summed E-state index contributed by atoms with van der Waals surface area (Å²) in [6.45, 7) is 4.02. The summed E-state index contributed by atoms with van der Waals surface area (Å²) in [7, 11) is 0. The number of carboxylic acids is 1. The van der Waals surface area contributed by atoms with Crippen LogP contribution in [0.3, 0.4) is 0 Å². The lowest BCUT2D eigenvalue weighted by atomic mass is 9.70. The van der Waals surface area contributed by atoms with Crippen LogP contribution in [-0.4, -0.2) is 90.2 Å². The third kappa shape index (κ3) is 3.22. The number of aromatic nitrogens is 3. The van der Waals surface area contributed by atoms with Gasteiger partial charge in [0.15, 0.2) is 0 Å². The minimum atomic E-state index is -1.19. The Balaban J connectivity index is 1.51. The van der Waals surface area contributed by atoms with E-state index in [1.54, 1.807) is 10.8 Å². The van der Waals surface area contributed by atoms with Gasteiger partial charge in [-0.15, -0.1) is 11.7 Å². The Bertz CT molecular complexity index is 1150. The number of aliphatic carboxylic acids is 1. The van der Waals surface area contributed by atoms with Crippen LogP contribution < -0.4 is 0 Å². The number of benzene rings is 1. The second kappa shape index (κ2) is 8.48. The molecule has 3 saturated heterocycles. The van der Waals surface area contributed by atoms with Crippen LogP contribution in [0.15, 0.2) is 36.9 Å². The van der Waals surface area contributed by atoms with E-state index in [-0.39, 0.29) is 38.7 Å². The molecule has 4 heterocycles. The number of nitrogens with zero attached hydrogens (tertiary/aromatic N) is 5. The van der Waals surface area contributed by atoms with Gasteiger partial charge < -0.3 is 24.7 Å². The maximum absolute atomic E-state index is 14.1. The monoisotopic (exact) mass is 469 g/mol. The lowest BCUT2D eigenvalue weighted by molar-refractivity contribution is -0.151. The smallest absolute Gasteiger partial charge is 0.310 e. The molecule has 34 heavy (non-hydrogen) atoms. The van der Waals surface area contributed by atoms with Gasteiger partial charge >= 0.3 is 5.97 Å². The predicted molar refractivity (Wildman–Crippen MR) is 118 cm³/mol. The summed E-state index contributed by atoms with van der Waals surface area (Å²) in [6.07, 6.45) is 2.18. The highest BCUT2D eigenvalue weighted by atomic mass is 16.5. The van der Waals surface area contributed by atoms with Gasteiger partial charge in [0.1, 0.15) is 23.8 Å². The Morgan fingerprint density at radius 3 is 2.88 bits per heavy atom. The Morgan fingerprint density at radius 1 is 1.35 bits per heavy atom. The van der Waals surface area contributed by atoms with Gasteiger partial charge in [-0.1, -0.05) is 23.4 Å². The van der Waals surface area contributed by atoms with Gasteiger partial charge in [-0.3, -0.25) is 14.4 Å². The molecule has 5 rings (SSSR count). The van der Waals surface area contributed by atoms with E-state index >= 15 is 0 Å². The standard InChI is InChI=1S/C23H27N5O6/c1-2-10-26(13-28-15-7-4-3-6-14(15)24-25-28)21(31)19-23-9-8-16(34-23)17(22(32)33)18(23)20(30)27(19)11-5-12-29/h2-4,6-7,16-19,29H,1,5,8-13H2,(H,32,33)/t16-,17+,18-,19?,23?/m0/s1. The molecule has 1 aromatic carbocycles. The molecule has 0 saturated carbocycles. The first kappa shape index (κ1) is 22.5. The highest BCUT2D eigenvalue weighted by molar-refractivity contribution is 5.98. The lowest BCUT2D eigenvalue weighted by Crippen LogP contribution is -2.56. The van der Waals surface area contributed by atoms with Crippen LogP contribution >= 0.6 is 0 Å². The van der Waals surface area contributed by atoms with Crippen LogP contribution in [0.2, 0.25) is 0 Å². The molecule has 5 atom stereocenters. The maximum atomic E-state index is 14.1. The minimum Gasteiger partial charge on any atom is -0.481 e. The Morgan fingerprint density at radius 2 is 2.15 bits per heavy atom. The van der Waals surface area contributed by atoms with Crippen molar-refractivity contribution < 1.29 is 29.3 Å². The molecule has 2 unspecified atom stereocenters. The molecule has 2 N–H and O–H groups in total. The quantitative estimate of drug-likeness (QED) is 0.499. The van der Waals surface area contributed by atoms with E-state index < -0.39 is 41.5 Å². The largest absolute Gasteiger partial charge is 0.481 e. The molecule has 180 valence electrons. The maximum Gasteiger partial charge on any atom is 0.310 e. The normalized spacial score (nSPS) is 29.6. The first-order valence-corrected chi connectivity index (χ1v) is 11.4. The minimum absolute atomic E-state index is 0.0798. The van der Waals surface area contributed by atoms with E-state index in [0.717, 1.165) is 5.52 Å². The summed E-state index contributed by atoms with van der Waals surface area (Å²) in [6, 6.07) is 6.40. The van der Waals surface area contributed by atoms with Crippen molar-refractivity contribution in [3.8, 4) is 0 Å². The Kier molecular flexibility index (Phi) is 5.61. The molecule has 0 aliphatic carbocycles. The van der Waals surface area contributed by atoms with E-state index in [0.29, 0.717) is 18.4 Å². The van der Waals surface area contributed by atoms with Crippen molar-refractivity contribution in [1.82, 2.24) is 24.8 Å². The predicted octanol–water partition coefficient (Wildman–Crippen LogP) is 0.245. The summed E-state index contributed by atoms with van der Waals surface area (Å²) >= 11 is 0. The number of para-hydroxylation sites is 1. The van der Waals surface area contributed by atoms with Crippen LogP contribution in [0.5, 0.6) is 0 Å². The van der Waals surface area contributed by atoms with E-state index in [2.05, 4.69) is 16.9 Å². The molecule has 11 nitrogen and oxygen atoms in total. The number of carboxylic acid groups (broad SMARTS) is 1. The third-order valence-electron chi connectivity index (χ3n) is 7.26. The first-order chi connectivity index (χ1) is 16.4. The van der Waals surface area contributed by atoms with Crippen LogP contribution in [0.4, 0.5) is 0 Å². The number of amides is 2. The zero-order valence-electron chi connectivity index (χ0n) is 18.6. The lowest BCUT2D eigenvalue weighted by Gasteiger charge is -2.36. The molecule has 11 heteroatoms. The average Bonchev–Trinajstić information content (AvgIpc) is 3.56. The van der Waals surface area contributed by atoms with E-state index in [1.165, 1.54) is 9.80 Å². The number of ether oxygens (including phenoxy) is 1. The summed E-state index contributed by atoms with van der Waals surface area (Å²) in [5, 5.41) is 27.5. The van der Waals surface area contributed by atoms with Gasteiger partial charge in [0.25, 0.3) is 0 Å². The summed E-state index contributed by atoms with van der Waals surface area (Å²) < 4.78 is 7.80. The van der Waals surface area contributed by atoms with Crippen molar-refractivity contribution in [2.45, 2.75) is 43.7 Å². The van der Waals surface area contributed by atoms with E-state index in [1.807, 2.05) is 24.3 Å². The number of rotatable bonds is 9. The fourth-order valence-corrected chi connectivity index (χ4v) is 5.93. The number of carbonyl (C=O) groups is 3. The van der Waals surface area contributed by atoms with Gasteiger partial charge in [0, 0.05) is 19.7 Å². The Hall–Kier alpha value is -3.31. The molecule has 1 aromatic heterocycles. The van der Waals surface area contributed by atoms with Crippen molar-refractivity contribution in [1.29, 1.82) is 0 Å². The molecule has 1 spiro atoms. The number of aliphatic hydroxyl groups is 1. The summed E-state index contributed by atoms with van der Waals surface area (Å²) in [5.41, 5.74) is 0.250. The molecule has 3 aliphatic heterocycles. The van der Waals surface area contributed by atoms with Crippen molar-refractivity contribution in [2.24, 2.45) is 11.8 Å². The van der Waals surface area contributed by atoms with Crippen molar-refractivity contribution >= 4 is 28.8 Å². The highest BCUT2D eigenvalue weighted by Crippen LogP contribution is 2.58. The van der Waals surface area contributed by atoms with Gasteiger partial charge in [-0.2, -0.15) is 0 Å². The number of fused-ring (bicyclic) bond motifs is 2. The molecule has 2 aromatic rings. The van der Waals surface area contributed by atoms with Crippen molar-refractivity contribution in [3.05, 3.63) is 36.9 Å². The molecular weight excluding hydrogens is 442 g/mol. The molecule has 2 amide bonds. The van der Waals surface area contributed by atoms with Gasteiger partial charge in [-0.25, -0.2) is 4.68 Å². The molecule has 2 bridgehead atoms. The number of carbonyl (C=O) groups excluding carboxylic acids is 2. The fourth-order valence-electron chi connectivity index (χ4n) is 5.93. The number of aliphatic hydroxyl groups excluding tert-OH is 1. The first-order valence-electron chi connectivity index (χ1n) is 11.4.